The molecule has 0 bridgehead atoms. The second-order valence-corrected chi connectivity index (χ2v) is 12.0. The van der Waals surface area contributed by atoms with Crippen molar-refractivity contribution in [2.45, 2.75) is 0 Å². The zero-order valence-electron chi connectivity index (χ0n) is 25.8. The minimum Gasteiger partial charge on any atom is -0.309 e. The first-order valence-electron chi connectivity index (χ1n) is 15.9. The van der Waals surface area contributed by atoms with Crippen molar-refractivity contribution in [1.29, 1.82) is 10.5 Å². The smallest absolute Gasteiger partial charge is 0.101 e. The van der Waals surface area contributed by atoms with Gasteiger partial charge in [0.1, 0.15) is 6.07 Å². The summed E-state index contributed by atoms with van der Waals surface area (Å²) < 4.78 is 4.48. The van der Waals surface area contributed by atoms with Crippen LogP contribution in [0, 0.1) is 22.7 Å². The number of fused-ring (bicyclic) bond motifs is 6. The normalized spacial score (nSPS) is 11.3. The first kappa shape index (κ1) is 27.4. The molecule has 0 saturated heterocycles. The summed E-state index contributed by atoms with van der Waals surface area (Å²) in [5.74, 6) is 0. The summed E-state index contributed by atoms with van der Waals surface area (Å²) in [6.07, 6.45) is 0. The quantitative estimate of drug-likeness (QED) is 0.199. The zero-order valence-corrected chi connectivity index (χ0v) is 25.8. The van der Waals surface area contributed by atoms with Gasteiger partial charge in [0.25, 0.3) is 0 Å². The number of benzene rings is 7. The Morgan fingerprint density at radius 1 is 0.396 bits per heavy atom. The van der Waals surface area contributed by atoms with Gasteiger partial charge in [-0.2, -0.15) is 10.5 Å². The van der Waals surface area contributed by atoms with E-state index in [1.807, 2.05) is 36.4 Å². The van der Waals surface area contributed by atoms with Crippen LogP contribution < -0.4 is 0 Å². The maximum atomic E-state index is 10.3. The standard InChI is InChI=1S/C44H26N4/c45-27-32-11-9-21-42-43(32)38-16-3-6-20-41(38)47(42)34-13-7-10-31(26-34)29-22-24-30(25-23-29)35-17-8-12-33(28-46)44(35)48-39-18-4-1-14-36(39)37-15-2-5-19-40(37)48/h1-26H. The van der Waals surface area contributed by atoms with Crippen molar-refractivity contribution in [2.75, 3.05) is 0 Å². The first-order chi connectivity index (χ1) is 23.7. The lowest BCUT2D eigenvalue weighted by molar-refractivity contribution is 1.17. The van der Waals surface area contributed by atoms with Crippen molar-refractivity contribution in [3.63, 3.8) is 0 Å². The highest BCUT2D eigenvalue weighted by atomic mass is 15.0. The van der Waals surface area contributed by atoms with E-state index in [2.05, 4.69) is 143 Å². The molecule has 0 atom stereocenters. The molecule has 0 spiro atoms. The van der Waals surface area contributed by atoms with Gasteiger partial charge in [-0.1, -0.05) is 109 Å². The fourth-order valence-electron chi connectivity index (χ4n) is 7.33. The Labute approximate surface area is 277 Å². The second-order valence-electron chi connectivity index (χ2n) is 12.0. The summed E-state index contributed by atoms with van der Waals surface area (Å²) in [6.45, 7) is 0. The third kappa shape index (κ3) is 4.07. The number of nitrogens with zero attached hydrogens (tertiary/aromatic N) is 4. The average Bonchev–Trinajstić information content (AvgIpc) is 3.68. The first-order valence-corrected chi connectivity index (χ1v) is 15.9. The Hall–Kier alpha value is -6.88. The van der Waals surface area contributed by atoms with Gasteiger partial charge in [-0.05, 0) is 65.2 Å². The molecular formula is C44H26N4. The van der Waals surface area contributed by atoms with Crippen LogP contribution >= 0.6 is 0 Å². The van der Waals surface area contributed by atoms with Gasteiger partial charge in [0.15, 0.2) is 0 Å². The Bertz CT molecular complexity index is 2750. The van der Waals surface area contributed by atoms with E-state index in [1.165, 1.54) is 0 Å². The summed E-state index contributed by atoms with van der Waals surface area (Å²) in [6, 6.07) is 59.0. The van der Waals surface area contributed by atoms with Crippen LogP contribution in [0.4, 0.5) is 0 Å². The van der Waals surface area contributed by atoms with Crippen LogP contribution in [-0.4, -0.2) is 9.13 Å². The molecular weight excluding hydrogens is 585 g/mol. The van der Waals surface area contributed by atoms with Crippen LogP contribution in [0.5, 0.6) is 0 Å². The van der Waals surface area contributed by atoms with Gasteiger partial charge in [-0.25, -0.2) is 0 Å². The molecule has 0 N–H and O–H groups in total. The maximum absolute atomic E-state index is 10.3. The highest BCUT2D eigenvalue weighted by Crippen LogP contribution is 2.39. The van der Waals surface area contributed by atoms with Crippen LogP contribution in [-0.2, 0) is 0 Å². The number of aromatic nitrogens is 2. The molecule has 7 aromatic carbocycles. The van der Waals surface area contributed by atoms with Crippen molar-refractivity contribution in [3.8, 4) is 45.8 Å². The van der Waals surface area contributed by atoms with Crippen LogP contribution in [0.1, 0.15) is 11.1 Å². The Balaban J connectivity index is 1.18. The molecule has 222 valence electrons. The monoisotopic (exact) mass is 610 g/mol. The Kier molecular flexibility index (Phi) is 6.22. The molecule has 0 aliphatic rings. The number of hydrogen-bond acceptors (Lipinski definition) is 2. The van der Waals surface area contributed by atoms with E-state index < -0.39 is 0 Å². The van der Waals surface area contributed by atoms with E-state index in [9.17, 15) is 10.5 Å². The summed E-state index contributed by atoms with van der Waals surface area (Å²) in [5, 5.41) is 24.6. The number of para-hydroxylation sites is 4. The zero-order chi connectivity index (χ0) is 32.2. The molecule has 2 aromatic heterocycles. The van der Waals surface area contributed by atoms with Gasteiger partial charge < -0.3 is 9.13 Å². The predicted octanol–water partition coefficient (Wildman–Crippen LogP) is 11.0. The van der Waals surface area contributed by atoms with Crippen LogP contribution in [0.15, 0.2) is 158 Å². The molecule has 48 heavy (non-hydrogen) atoms. The largest absolute Gasteiger partial charge is 0.309 e. The molecule has 9 aromatic rings. The van der Waals surface area contributed by atoms with E-state index >= 15 is 0 Å². The summed E-state index contributed by atoms with van der Waals surface area (Å²) in [4.78, 5) is 0. The van der Waals surface area contributed by atoms with Gasteiger partial charge in [-0.3, -0.25) is 0 Å². The molecule has 9 rings (SSSR count). The van der Waals surface area contributed by atoms with E-state index in [1.54, 1.807) is 0 Å². The molecule has 0 radical (unpaired) electrons. The molecule has 0 fully saturated rings. The predicted molar refractivity (Wildman–Crippen MR) is 195 cm³/mol. The van der Waals surface area contributed by atoms with E-state index in [-0.39, 0.29) is 0 Å². The maximum Gasteiger partial charge on any atom is 0.101 e. The summed E-state index contributed by atoms with van der Waals surface area (Å²) in [7, 11) is 0. The molecule has 4 heteroatoms. The van der Waals surface area contributed by atoms with Crippen molar-refractivity contribution < 1.29 is 0 Å². The lowest BCUT2D eigenvalue weighted by atomic mass is 9.97. The van der Waals surface area contributed by atoms with Gasteiger partial charge in [0.2, 0.25) is 0 Å². The molecule has 0 saturated carbocycles. The molecule has 2 heterocycles. The van der Waals surface area contributed by atoms with Crippen molar-refractivity contribution in [2.24, 2.45) is 0 Å². The third-order valence-electron chi connectivity index (χ3n) is 9.41. The second kappa shape index (κ2) is 10.9. The Morgan fingerprint density at radius 3 is 1.62 bits per heavy atom. The molecule has 0 aliphatic heterocycles. The van der Waals surface area contributed by atoms with Crippen LogP contribution in [0.3, 0.4) is 0 Å². The number of hydrogen-bond donors (Lipinski definition) is 0. The van der Waals surface area contributed by atoms with Crippen LogP contribution in [0.2, 0.25) is 0 Å². The lowest BCUT2D eigenvalue weighted by Gasteiger charge is -2.16. The summed E-state index contributed by atoms with van der Waals surface area (Å²) in [5.41, 5.74) is 11.7. The minimum atomic E-state index is 0.626. The fourth-order valence-corrected chi connectivity index (χ4v) is 7.33. The van der Waals surface area contributed by atoms with E-state index in [0.717, 1.165) is 77.2 Å². The van der Waals surface area contributed by atoms with Crippen molar-refractivity contribution in [1.82, 2.24) is 9.13 Å². The molecule has 4 nitrogen and oxygen atoms in total. The Morgan fingerprint density at radius 2 is 0.938 bits per heavy atom. The summed E-state index contributed by atoms with van der Waals surface area (Å²) >= 11 is 0. The lowest BCUT2D eigenvalue weighted by Crippen LogP contribution is -2.00. The van der Waals surface area contributed by atoms with Gasteiger partial charge >= 0.3 is 0 Å². The van der Waals surface area contributed by atoms with Gasteiger partial charge in [0.05, 0.1) is 45.0 Å². The van der Waals surface area contributed by atoms with E-state index in [0.29, 0.717) is 11.1 Å². The SMILES string of the molecule is N#Cc1cccc(-c2ccc(-c3cccc(-n4c5ccccc5c5c(C#N)cccc54)c3)cc2)c1-n1c2ccccc2c2ccccc21. The fraction of sp³-hybridized carbons (Fsp3) is 0. The van der Waals surface area contributed by atoms with Crippen molar-refractivity contribution >= 4 is 43.6 Å². The highest BCUT2D eigenvalue weighted by Gasteiger charge is 2.19. The average molecular weight is 611 g/mol. The minimum absolute atomic E-state index is 0.626. The number of rotatable bonds is 4. The van der Waals surface area contributed by atoms with Crippen LogP contribution in [0.25, 0.3) is 77.2 Å². The molecule has 0 unspecified atom stereocenters. The van der Waals surface area contributed by atoms with E-state index in [4.69, 9.17) is 0 Å². The van der Waals surface area contributed by atoms with Crippen molar-refractivity contribution in [3.05, 3.63) is 169 Å². The third-order valence-corrected chi connectivity index (χ3v) is 9.41. The number of nitriles is 2. The molecule has 0 amide bonds. The van der Waals surface area contributed by atoms with Gasteiger partial charge in [-0.15, -0.1) is 0 Å². The molecule has 0 aliphatic carbocycles. The van der Waals surface area contributed by atoms with Gasteiger partial charge in [0, 0.05) is 32.8 Å². The highest BCUT2D eigenvalue weighted by molar-refractivity contribution is 6.12. The topological polar surface area (TPSA) is 57.4 Å².